The van der Waals surface area contributed by atoms with Crippen LogP contribution in [0.25, 0.3) is 0 Å². The minimum Gasteiger partial charge on any atom is -0.506 e. The number of nitroso groups, excluding NO2 is 1. The van der Waals surface area contributed by atoms with Crippen LogP contribution in [-0.4, -0.2) is 5.11 Å². The fourth-order valence-corrected chi connectivity index (χ4v) is 4.08. The van der Waals surface area contributed by atoms with Crippen molar-refractivity contribution in [3.05, 3.63) is 28.2 Å². The monoisotopic (exact) mass is 317 g/mol. The Morgan fingerprint density at radius 2 is 2.09 bits per heavy atom. The molecule has 2 rings (SSSR count). The molecule has 3 heteroatoms. The van der Waals surface area contributed by atoms with Crippen LogP contribution in [0.5, 0.6) is 5.75 Å². The average Bonchev–Trinajstić information content (AvgIpc) is 2.52. The normalized spacial score (nSPS) is 20.1. The maximum absolute atomic E-state index is 10.8. The van der Waals surface area contributed by atoms with Gasteiger partial charge in [0.05, 0.1) is 0 Å². The molecule has 2 atom stereocenters. The number of aryl methyl sites for hydroxylation is 1. The van der Waals surface area contributed by atoms with E-state index in [0.29, 0.717) is 17.3 Å². The summed E-state index contributed by atoms with van der Waals surface area (Å²) >= 11 is 0. The smallest absolute Gasteiger partial charge is 0.149 e. The van der Waals surface area contributed by atoms with Crippen molar-refractivity contribution in [1.82, 2.24) is 0 Å². The van der Waals surface area contributed by atoms with Crippen LogP contribution < -0.4 is 0 Å². The first-order valence-corrected chi connectivity index (χ1v) is 9.10. The Hall–Kier alpha value is -1.38. The van der Waals surface area contributed by atoms with E-state index in [1.807, 2.05) is 0 Å². The van der Waals surface area contributed by atoms with E-state index in [0.717, 1.165) is 19.3 Å². The Labute approximate surface area is 140 Å². The van der Waals surface area contributed by atoms with Crippen LogP contribution in [0.1, 0.15) is 83.3 Å². The lowest BCUT2D eigenvalue weighted by atomic mass is 9.69. The summed E-state index contributed by atoms with van der Waals surface area (Å²) in [6.07, 6.45) is 8.21. The molecule has 3 nitrogen and oxygen atoms in total. The number of nitrogens with zero attached hydrogens (tertiary/aromatic N) is 1. The highest BCUT2D eigenvalue weighted by atomic mass is 16.3. The molecule has 0 bridgehead atoms. The predicted molar refractivity (Wildman–Crippen MR) is 96.3 cm³/mol. The lowest BCUT2D eigenvalue weighted by Gasteiger charge is -2.36. The van der Waals surface area contributed by atoms with E-state index in [4.69, 9.17) is 0 Å². The van der Waals surface area contributed by atoms with Gasteiger partial charge >= 0.3 is 0 Å². The van der Waals surface area contributed by atoms with Crippen LogP contribution in [-0.2, 0) is 6.42 Å². The van der Waals surface area contributed by atoms with Crippen molar-refractivity contribution in [2.24, 2.45) is 16.5 Å². The van der Waals surface area contributed by atoms with Gasteiger partial charge in [-0.1, -0.05) is 34.1 Å². The number of aromatic hydroxyl groups is 1. The molecule has 0 radical (unpaired) electrons. The second kappa shape index (κ2) is 7.46. The Kier molecular flexibility index (Phi) is 5.83. The molecule has 1 aliphatic rings. The Morgan fingerprint density at radius 3 is 2.70 bits per heavy atom. The summed E-state index contributed by atoms with van der Waals surface area (Å²) in [6.45, 7) is 9.35. The quantitative estimate of drug-likeness (QED) is 0.587. The van der Waals surface area contributed by atoms with Gasteiger partial charge in [0.25, 0.3) is 0 Å². The van der Waals surface area contributed by atoms with Gasteiger partial charge in [-0.05, 0) is 84.2 Å². The van der Waals surface area contributed by atoms with E-state index in [1.165, 1.54) is 36.8 Å². The number of hydrogen-bond donors (Lipinski definition) is 1. The highest BCUT2D eigenvalue weighted by Gasteiger charge is 2.30. The van der Waals surface area contributed by atoms with Crippen molar-refractivity contribution in [2.45, 2.75) is 78.6 Å². The Balaban J connectivity index is 2.17. The first-order valence-electron chi connectivity index (χ1n) is 9.10. The number of phenolic OH excluding ortho intramolecular Hbond substituents is 1. The topological polar surface area (TPSA) is 49.7 Å². The van der Waals surface area contributed by atoms with Gasteiger partial charge in [0.1, 0.15) is 11.4 Å². The standard InChI is InChI=1S/C20H31NO2/c1-5-10-20(4,14(2)3)11-9-15-7-6-8-16-12-18(21-23)19(22)13-17(15)16/h12-15,22H,5-11H2,1-4H3. The number of hydrogen-bond acceptors (Lipinski definition) is 3. The van der Waals surface area contributed by atoms with Crippen molar-refractivity contribution in [2.75, 3.05) is 0 Å². The first kappa shape index (κ1) is 18.0. The fraction of sp³-hybridized carbons (Fsp3) is 0.700. The average molecular weight is 317 g/mol. The molecule has 128 valence electrons. The van der Waals surface area contributed by atoms with Crippen LogP contribution in [0.4, 0.5) is 5.69 Å². The Morgan fingerprint density at radius 1 is 1.35 bits per heavy atom. The molecule has 0 spiro atoms. The zero-order valence-electron chi connectivity index (χ0n) is 15.1. The van der Waals surface area contributed by atoms with Crippen molar-refractivity contribution in [3.63, 3.8) is 0 Å². The maximum Gasteiger partial charge on any atom is 0.149 e. The zero-order valence-corrected chi connectivity index (χ0v) is 15.1. The van der Waals surface area contributed by atoms with Crippen molar-refractivity contribution in [1.29, 1.82) is 0 Å². The van der Waals surface area contributed by atoms with E-state index < -0.39 is 0 Å². The summed E-state index contributed by atoms with van der Waals surface area (Å²) in [6, 6.07) is 3.58. The molecule has 1 aliphatic carbocycles. The minimum atomic E-state index is 0.0332. The van der Waals surface area contributed by atoms with E-state index in [1.54, 1.807) is 12.1 Å². The molecule has 1 aromatic carbocycles. The number of rotatable bonds is 7. The lowest BCUT2D eigenvalue weighted by molar-refractivity contribution is 0.168. The molecular formula is C20H31NO2. The number of benzene rings is 1. The van der Waals surface area contributed by atoms with Gasteiger partial charge in [0.2, 0.25) is 0 Å². The van der Waals surface area contributed by atoms with E-state index in [9.17, 15) is 10.0 Å². The zero-order chi connectivity index (χ0) is 17.0. The van der Waals surface area contributed by atoms with Crippen molar-refractivity contribution >= 4 is 5.69 Å². The van der Waals surface area contributed by atoms with Crippen molar-refractivity contribution in [3.8, 4) is 5.75 Å². The third kappa shape index (κ3) is 3.94. The summed E-state index contributed by atoms with van der Waals surface area (Å²) in [5.41, 5.74) is 3.01. The molecular weight excluding hydrogens is 286 g/mol. The van der Waals surface area contributed by atoms with Gasteiger partial charge in [-0.2, -0.15) is 0 Å². The van der Waals surface area contributed by atoms with E-state index >= 15 is 0 Å². The first-order chi connectivity index (χ1) is 10.9. The molecule has 2 unspecified atom stereocenters. The van der Waals surface area contributed by atoms with E-state index in [-0.39, 0.29) is 11.4 Å². The SMILES string of the molecule is CCCC(C)(CCC1CCCc2cc(N=O)c(O)cc21)C(C)C. The summed E-state index contributed by atoms with van der Waals surface area (Å²) in [4.78, 5) is 10.8. The highest BCUT2D eigenvalue weighted by molar-refractivity contribution is 5.56. The summed E-state index contributed by atoms with van der Waals surface area (Å²) < 4.78 is 0. The van der Waals surface area contributed by atoms with Crippen LogP contribution in [0.2, 0.25) is 0 Å². The van der Waals surface area contributed by atoms with Gasteiger partial charge in [0.15, 0.2) is 0 Å². The molecule has 0 amide bonds. The van der Waals surface area contributed by atoms with Gasteiger partial charge < -0.3 is 5.11 Å². The van der Waals surface area contributed by atoms with Crippen LogP contribution in [0.3, 0.4) is 0 Å². The third-order valence-electron chi connectivity index (χ3n) is 6.05. The molecule has 0 aromatic heterocycles. The largest absolute Gasteiger partial charge is 0.506 e. The van der Waals surface area contributed by atoms with Gasteiger partial charge in [-0.25, -0.2) is 0 Å². The molecule has 0 aliphatic heterocycles. The number of phenols is 1. The van der Waals surface area contributed by atoms with Crippen molar-refractivity contribution < 1.29 is 5.11 Å². The molecule has 0 fully saturated rings. The fourth-order valence-electron chi connectivity index (χ4n) is 4.08. The second-order valence-corrected chi connectivity index (χ2v) is 7.82. The molecule has 0 saturated carbocycles. The summed E-state index contributed by atoms with van der Waals surface area (Å²) in [5, 5.41) is 12.9. The maximum atomic E-state index is 10.8. The third-order valence-corrected chi connectivity index (χ3v) is 6.05. The highest BCUT2D eigenvalue weighted by Crippen LogP contribution is 2.44. The van der Waals surface area contributed by atoms with E-state index in [2.05, 4.69) is 32.9 Å². The van der Waals surface area contributed by atoms with Crippen LogP contribution in [0.15, 0.2) is 17.3 Å². The summed E-state index contributed by atoms with van der Waals surface area (Å²) in [7, 11) is 0. The number of fused-ring (bicyclic) bond motifs is 1. The Bertz CT molecular complexity index is 553. The van der Waals surface area contributed by atoms with Gasteiger partial charge in [-0.15, -0.1) is 4.91 Å². The van der Waals surface area contributed by atoms with Crippen LogP contribution in [0, 0.1) is 16.2 Å². The van der Waals surface area contributed by atoms with Crippen LogP contribution >= 0.6 is 0 Å². The van der Waals surface area contributed by atoms with Gasteiger partial charge in [-0.3, -0.25) is 0 Å². The molecule has 1 N–H and O–H groups in total. The lowest BCUT2D eigenvalue weighted by Crippen LogP contribution is -2.24. The molecule has 23 heavy (non-hydrogen) atoms. The minimum absolute atomic E-state index is 0.0332. The molecule has 0 heterocycles. The molecule has 0 saturated heterocycles. The van der Waals surface area contributed by atoms with Gasteiger partial charge in [0, 0.05) is 0 Å². The second-order valence-electron chi connectivity index (χ2n) is 7.82. The molecule has 1 aromatic rings. The predicted octanol–water partition coefficient (Wildman–Crippen LogP) is 6.45. The summed E-state index contributed by atoms with van der Waals surface area (Å²) in [5.74, 6) is 1.21.